The molecule has 154 valence electrons. The summed E-state index contributed by atoms with van der Waals surface area (Å²) in [6.45, 7) is 0.595. The minimum absolute atomic E-state index is 0.109. The van der Waals surface area contributed by atoms with E-state index in [1.54, 1.807) is 0 Å². The number of alkyl halides is 3. The van der Waals surface area contributed by atoms with Gasteiger partial charge < -0.3 is 10.1 Å². The number of ether oxygens (including phenoxy) is 1. The zero-order valence-corrected chi connectivity index (χ0v) is 14.8. The predicted octanol–water partition coefficient (Wildman–Crippen LogP) is 3.98. The molecule has 0 bridgehead atoms. The summed E-state index contributed by atoms with van der Waals surface area (Å²) in [5, 5.41) is 13.5. The number of ketones is 1. The van der Waals surface area contributed by atoms with Crippen molar-refractivity contribution < 1.29 is 36.8 Å². The van der Waals surface area contributed by atoms with Crippen molar-refractivity contribution in [1.82, 2.24) is 0 Å². The van der Waals surface area contributed by atoms with E-state index in [4.69, 9.17) is 4.74 Å². The molecule has 0 radical (unpaired) electrons. The molecule has 0 aromatic heterocycles. The highest BCUT2D eigenvalue weighted by molar-refractivity contribution is 5.98. The van der Waals surface area contributed by atoms with Crippen LogP contribution < -0.4 is 5.32 Å². The van der Waals surface area contributed by atoms with Gasteiger partial charge in [-0.3, -0.25) is 14.9 Å². The van der Waals surface area contributed by atoms with Crippen molar-refractivity contribution in [3.8, 4) is 0 Å². The standard InChI is InChI=1S/C18H14F4N2O5/c1-10(17(26)29-9-16(25)11-2-5-13(19)6-3-11)23-14-7-4-12(18(20,21)22)8-15(14)24(27)28/h2-8,10,23H,9H2,1H3. The molecule has 7 nitrogen and oxygen atoms in total. The van der Waals surface area contributed by atoms with Crippen molar-refractivity contribution in [2.24, 2.45) is 0 Å². The smallest absolute Gasteiger partial charge is 0.416 e. The second kappa shape index (κ2) is 8.67. The molecule has 0 aliphatic carbocycles. The number of hydrogen-bond donors (Lipinski definition) is 1. The van der Waals surface area contributed by atoms with Crippen LogP contribution in [0.4, 0.5) is 28.9 Å². The highest BCUT2D eigenvalue weighted by atomic mass is 19.4. The van der Waals surface area contributed by atoms with Crippen LogP contribution in [0.15, 0.2) is 42.5 Å². The highest BCUT2D eigenvalue weighted by Crippen LogP contribution is 2.35. The van der Waals surface area contributed by atoms with E-state index >= 15 is 0 Å². The summed E-state index contributed by atoms with van der Waals surface area (Å²) < 4.78 is 55.8. The number of benzene rings is 2. The predicted molar refractivity (Wildman–Crippen MR) is 92.9 cm³/mol. The lowest BCUT2D eigenvalue weighted by Crippen LogP contribution is -2.30. The monoisotopic (exact) mass is 414 g/mol. The summed E-state index contributed by atoms with van der Waals surface area (Å²) >= 11 is 0. The van der Waals surface area contributed by atoms with Crippen molar-refractivity contribution in [2.45, 2.75) is 19.1 Å². The van der Waals surface area contributed by atoms with E-state index in [0.717, 1.165) is 18.2 Å². The number of nitro groups is 1. The SMILES string of the molecule is CC(Nc1ccc(C(F)(F)F)cc1[N+](=O)[O-])C(=O)OCC(=O)c1ccc(F)cc1. The molecule has 0 saturated heterocycles. The second-order valence-electron chi connectivity index (χ2n) is 5.89. The summed E-state index contributed by atoms with van der Waals surface area (Å²) in [5.74, 6) is -2.12. The number of anilines is 1. The third-order valence-electron chi connectivity index (χ3n) is 3.76. The van der Waals surface area contributed by atoms with Gasteiger partial charge in [-0.25, -0.2) is 9.18 Å². The minimum Gasteiger partial charge on any atom is -0.456 e. The van der Waals surface area contributed by atoms with Gasteiger partial charge in [0, 0.05) is 11.6 Å². The van der Waals surface area contributed by atoms with Crippen LogP contribution in [0.5, 0.6) is 0 Å². The fraction of sp³-hybridized carbons (Fsp3) is 0.222. The largest absolute Gasteiger partial charge is 0.456 e. The van der Waals surface area contributed by atoms with Crippen molar-refractivity contribution in [3.05, 3.63) is 69.5 Å². The van der Waals surface area contributed by atoms with E-state index in [1.807, 2.05) is 0 Å². The molecule has 29 heavy (non-hydrogen) atoms. The van der Waals surface area contributed by atoms with Gasteiger partial charge in [-0.05, 0) is 43.3 Å². The van der Waals surface area contributed by atoms with E-state index in [-0.39, 0.29) is 11.3 Å². The number of nitro benzene ring substituents is 1. The molecule has 2 rings (SSSR count). The number of Topliss-reactive ketones (excluding diaryl/α,β-unsaturated/α-hetero) is 1. The molecule has 0 spiro atoms. The van der Waals surface area contributed by atoms with Crippen molar-refractivity contribution in [2.75, 3.05) is 11.9 Å². The average molecular weight is 414 g/mol. The molecule has 0 aliphatic rings. The van der Waals surface area contributed by atoms with Gasteiger partial charge in [0.2, 0.25) is 0 Å². The first-order chi connectivity index (χ1) is 13.5. The van der Waals surface area contributed by atoms with Gasteiger partial charge in [0.05, 0.1) is 10.5 Å². The Bertz CT molecular complexity index is 929. The van der Waals surface area contributed by atoms with Crippen molar-refractivity contribution >= 4 is 23.1 Å². The van der Waals surface area contributed by atoms with Gasteiger partial charge in [0.25, 0.3) is 5.69 Å². The zero-order valence-electron chi connectivity index (χ0n) is 14.8. The average Bonchev–Trinajstić information content (AvgIpc) is 2.65. The molecule has 1 atom stereocenters. The number of carbonyl (C=O) groups is 2. The fourth-order valence-electron chi connectivity index (χ4n) is 2.25. The lowest BCUT2D eigenvalue weighted by Gasteiger charge is -2.15. The highest BCUT2D eigenvalue weighted by Gasteiger charge is 2.33. The second-order valence-corrected chi connectivity index (χ2v) is 5.89. The summed E-state index contributed by atoms with van der Waals surface area (Å²) in [6, 6.07) is 5.13. The Labute approximate surface area is 161 Å². The van der Waals surface area contributed by atoms with E-state index in [9.17, 15) is 37.3 Å². The van der Waals surface area contributed by atoms with Crippen LogP contribution in [0.3, 0.4) is 0 Å². The number of carbonyl (C=O) groups excluding carboxylic acids is 2. The van der Waals surface area contributed by atoms with Gasteiger partial charge in [0.15, 0.2) is 12.4 Å². The quantitative estimate of drug-likeness (QED) is 0.242. The first-order valence-electron chi connectivity index (χ1n) is 8.06. The van der Waals surface area contributed by atoms with Gasteiger partial charge >= 0.3 is 12.1 Å². The molecule has 11 heteroatoms. The van der Waals surface area contributed by atoms with Crippen LogP contribution in [-0.4, -0.2) is 29.3 Å². The topological polar surface area (TPSA) is 98.5 Å². The maximum absolute atomic E-state index is 12.8. The molecule has 1 N–H and O–H groups in total. The summed E-state index contributed by atoms with van der Waals surface area (Å²) in [4.78, 5) is 33.9. The first kappa shape index (κ1) is 21.8. The van der Waals surface area contributed by atoms with E-state index in [1.165, 1.54) is 19.1 Å². The van der Waals surface area contributed by atoms with Crippen LogP contribution in [0, 0.1) is 15.9 Å². The van der Waals surface area contributed by atoms with Crippen LogP contribution in [0.1, 0.15) is 22.8 Å². The molecular formula is C18H14F4N2O5. The Morgan fingerprint density at radius 1 is 1.17 bits per heavy atom. The van der Waals surface area contributed by atoms with Gasteiger partial charge in [-0.1, -0.05) is 0 Å². The Hall–Kier alpha value is -3.50. The van der Waals surface area contributed by atoms with Crippen LogP contribution in [0.25, 0.3) is 0 Å². The number of nitrogens with zero attached hydrogens (tertiary/aromatic N) is 1. The molecule has 2 aromatic rings. The van der Waals surface area contributed by atoms with Gasteiger partial charge in [-0.15, -0.1) is 0 Å². The Balaban J connectivity index is 2.04. The molecule has 0 saturated carbocycles. The molecule has 0 fully saturated rings. The number of esters is 1. The van der Waals surface area contributed by atoms with Crippen LogP contribution >= 0.6 is 0 Å². The zero-order chi connectivity index (χ0) is 21.8. The third kappa shape index (κ3) is 5.74. The van der Waals surface area contributed by atoms with Crippen LogP contribution in [0.2, 0.25) is 0 Å². The van der Waals surface area contributed by atoms with Crippen molar-refractivity contribution in [3.63, 3.8) is 0 Å². The minimum atomic E-state index is -4.77. The Morgan fingerprint density at radius 3 is 2.34 bits per heavy atom. The van der Waals surface area contributed by atoms with Gasteiger partial charge in [0.1, 0.15) is 17.5 Å². The summed E-state index contributed by atoms with van der Waals surface area (Å²) in [7, 11) is 0. The molecule has 0 aliphatic heterocycles. The molecule has 0 amide bonds. The van der Waals surface area contributed by atoms with E-state index < -0.39 is 52.6 Å². The lowest BCUT2D eigenvalue weighted by molar-refractivity contribution is -0.384. The van der Waals surface area contributed by atoms with Gasteiger partial charge in [-0.2, -0.15) is 13.2 Å². The molecular weight excluding hydrogens is 400 g/mol. The third-order valence-corrected chi connectivity index (χ3v) is 3.76. The number of nitrogens with one attached hydrogen (secondary N) is 1. The number of hydrogen-bond acceptors (Lipinski definition) is 6. The Kier molecular flexibility index (Phi) is 6.52. The molecule has 0 heterocycles. The molecule has 1 unspecified atom stereocenters. The van der Waals surface area contributed by atoms with Crippen molar-refractivity contribution in [1.29, 1.82) is 0 Å². The number of halogens is 4. The van der Waals surface area contributed by atoms with Crippen LogP contribution in [-0.2, 0) is 15.7 Å². The lowest BCUT2D eigenvalue weighted by atomic mass is 10.1. The maximum Gasteiger partial charge on any atom is 0.416 e. The van der Waals surface area contributed by atoms with E-state index in [2.05, 4.69) is 5.32 Å². The molecule has 2 aromatic carbocycles. The summed E-state index contributed by atoms with van der Waals surface area (Å²) in [6.07, 6.45) is -4.77. The maximum atomic E-state index is 12.8. The van der Waals surface area contributed by atoms with E-state index in [0.29, 0.717) is 12.1 Å². The first-order valence-corrected chi connectivity index (χ1v) is 8.06. The normalized spacial score (nSPS) is 12.2. The summed E-state index contributed by atoms with van der Waals surface area (Å²) in [5.41, 5.74) is -2.30. The fourth-order valence-corrected chi connectivity index (χ4v) is 2.25. The number of rotatable bonds is 7. The Morgan fingerprint density at radius 2 is 1.79 bits per heavy atom.